The smallest absolute Gasteiger partial charge is 0.265 e. The highest BCUT2D eigenvalue weighted by Gasteiger charge is 2.28. The summed E-state index contributed by atoms with van der Waals surface area (Å²) in [6.07, 6.45) is 0. The van der Waals surface area contributed by atoms with Gasteiger partial charge in [0.25, 0.3) is 11.8 Å². The van der Waals surface area contributed by atoms with Crippen LogP contribution < -0.4 is 15.0 Å². The highest BCUT2D eigenvalue weighted by Crippen LogP contribution is 2.37. The monoisotopic (exact) mass is 408 g/mol. The molecular formula is C25H32N2O3. The van der Waals surface area contributed by atoms with Crippen LogP contribution >= 0.6 is 0 Å². The first-order chi connectivity index (χ1) is 14.1. The van der Waals surface area contributed by atoms with E-state index in [9.17, 15) is 9.59 Å². The first kappa shape index (κ1) is 21.9. The van der Waals surface area contributed by atoms with Gasteiger partial charge in [0.15, 0.2) is 6.61 Å². The number of nitrogens with zero attached hydrogens (tertiary/aromatic N) is 1. The van der Waals surface area contributed by atoms with Crippen molar-refractivity contribution in [3.63, 3.8) is 0 Å². The third-order valence-corrected chi connectivity index (χ3v) is 5.66. The van der Waals surface area contributed by atoms with E-state index in [2.05, 4.69) is 39.9 Å². The van der Waals surface area contributed by atoms with Crippen molar-refractivity contribution in [3.05, 3.63) is 59.2 Å². The zero-order valence-electron chi connectivity index (χ0n) is 18.8. The standard InChI is InChI=1S/C25H32N2O3/c1-16(2)17(3)26-24(29)19-9-7-8-18(12-19)14-27-21-13-20(25(4,5)6)10-11-22(21)30-15-23(27)28/h7-13,16-17H,14-15H2,1-6H3,(H,26,29). The number of rotatable bonds is 5. The fourth-order valence-electron chi connectivity index (χ4n) is 3.29. The van der Waals surface area contributed by atoms with Crippen LogP contribution in [0.25, 0.3) is 0 Å². The van der Waals surface area contributed by atoms with Gasteiger partial charge in [-0.3, -0.25) is 9.59 Å². The number of amides is 2. The molecule has 30 heavy (non-hydrogen) atoms. The summed E-state index contributed by atoms with van der Waals surface area (Å²) < 4.78 is 5.64. The van der Waals surface area contributed by atoms with Crippen molar-refractivity contribution in [1.82, 2.24) is 5.32 Å². The minimum Gasteiger partial charge on any atom is -0.482 e. The van der Waals surface area contributed by atoms with E-state index in [4.69, 9.17) is 4.74 Å². The molecule has 3 rings (SSSR count). The minimum atomic E-state index is -0.0956. The first-order valence-corrected chi connectivity index (χ1v) is 10.5. The van der Waals surface area contributed by atoms with E-state index in [0.29, 0.717) is 23.8 Å². The Labute approximate surface area is 179 Å². The normalized spacial score (nSPS) is 14.9. The molecule has 5 nitrogen and oxygen atoms in total. The molecule has 0 bridgehead atoms. The van der Waals surface area contributed by atoms with Crippen LogP contribution in [-0.2, 0) is 16.8 Å². The summed E-state index contributed by atoms with van der Waals surface area (Å²) in [6.45, 7) is 13.0. The number of hydrogen-bond donors (Lipinski definition) is 1. The van der Waals surface area contributed by atoms with Crippen LogP contribution in [0.1, 0.15) is 63.0 Å². The third-order valence-electron chi connectivity index (χ3n) is 5.66. The average molecular weight is 409 g/mol. The largest absolute Gasteiger partial charge is 0.482 e. The Balaban J connectivity index is 1.87. The van der Waals surface area contributed by atoms with Crippen molar-refractivity contribution in [3.8, 4) is 5.75 Å². The summed E-state index contributed by atoms with van der Waals surface area (Å²) in [7, 11) is 0. The van der Waals surface area contributed by atoms with E-state index in [0.717, 1.165) is 16.8 Å². The lowest BCUT2D eigenvalue weighted by atomic mass is 9.86. The van der Waals surface area contributed by atoms with Crippen molar-refractivity contribution < 1.29 is 14.3 Å². The van der Waals surface area contributed by atoms with Gasteiger partial charge in [-0.1, -0.05) is 52.8 Å². The molecule has 2 aromatic carbocycles. The zero-order chi connectivity index (χ0) is 22.1. The van der Waals surface area contributed by atoms with Gasteiger partial charge in [0.05, 0.1) is 12.2 Å². The van der Waals surface area contributed by atoms with Crippen molar-refractivity contribution in [2.45, 2.75) is 59.5 Å². The van der Waals surface area contributed by atoms with Crippen molar-refractivity contribution in [1.29, 1.82) is 0 Å². The molecule has 0 fully saturated rings. The van der Waals surface area contributed by atoms with Gasteiger partial charge < -0.3 is 15.0 Å². The van der Waals surface area contributed by atoms with Crippen LogP contribution in [0.15, 0.2) is 42.5 Å². The molecule has 2 aromatic rings. The Morgan fingerprint density at radius 2 is 1.87 bits per heavy atom. The summed E-state index contributed by atoms with van der Waals surface area (Å²) >= 11 is 0. The number of carbonyl (C=O) groups excluding carboxylic acids is 2. The summed E-state index contributed by atoms with van der Waals surface area (Å²) in [6, 6.07) is 13.6. The molecule has 0 spiro atoms. The van der Waals surface area contributed by atoms with Crippen LogP contribution in [0.5, 0.6) is 5.75 Å². The average Bonchev–Trinajstić information content (AvgIpc) is 2.69. The van der Waals surface area contributed by atoms with Gasteiger partial charge >= 0.3 is 0 Å². The summed E-state index contributed by atoms with van der Waals surface area (Å²) in [5.41, 5.74) is 3.39. The quantitative estimate of drug-likeness (QED) is 0.781. The fourth-order valence-corrected chi connectivity index (χ4v) is 3.29. The van der Waals surface area contributed by atoms with E-state index in [-0.39, 0.29) is 29.9 Å². The molecule has 1 unspecified atom stereocenters. The molecule has 5 heteroatoms. The van der Waals surface area contributed by atoms with Gasteiger partial charge in [0.2, 0.25) is 0 Å². The predicted molar refractivity (Wildman–Crippen MR) is 120 cm³/mol. The van der Waals surface area contributed by atoms with Gasteiger partial charge in [0, 0.05) is 11.6 Å². The van der Waals surface area contributed by atoms with Crippen molar-refractivity contribution in [2.24, 2.45) is 5.92 Å². The molecule has 0 aliphatic carbocycles. The molecule has 0 saturated carbocycles. The number of benzene rings is 2. The molecule has 1 N–H and O–H groups in total. The molecule has 1 heterocycles. The highest BCUT2D eigenvalue weighted by molar-refractivity contribution is 5.98. The number of ether oxygens (including phenoxy) is 1. The van der Waals surface area contributed by atoms with E-state index >= 15 is 0 Å². The maximum absolute atomic E-state index is 12.7. The highest BCUT2D eigenvalue weighted by atomic mass is 16.5. The lowest BCUT2D eigenvalue weighted by Crippen LogP contribution is -2.38. The summed E-state index contributed by atoms with van der Waals surface area (Å²) in [5, 5.41) is 3.04. The summed E-state index contributed by atoms with van der Waals surface area (Å²) in [4.78, 5) is 27.0. The Bertz CT molecular complexity index is 944. The van der Waals surface area contributed by atoms with Gasteiger partial charge in [-0.25, -0.2) is 0 Å². The first-order valence-electron chi connectivity index (χ1n) is 10.5. The van der Waals surface area contributed by atoms with Crippen molar-refractivity contribution in [2.75, 3.05) is 11.5 Å². The Kier molecular flexibility index (Phi) is 6.20. The predicted octanol–water partition coefficient (Wildman–Crippen LogP) is 4.68. The minimum absolute atomic E-state index is 0.0218. The zero-order valence-corrected chi connectivity index (χ0v) is 18.8. The lowest BCUT2D eigenvalue weighted by molar-refractivity contribution is -0.121. The molecule has 160 valence electrons. The molecule has 0 radical (unpaired) electrons. The van der Waals surface area contributed by atoms with E-state index < -0.39 is 0 Å². The van der Waals surface area contributed by atoms with Gasteiger partial charge in [-0.05, 0) is 53.6 Å². The molecule has 2 amide bonds. The second-order valence-corrected chi connectivity index (χ2v) is 9.41. The number of fused-ring (bicyclic) bond motifs is 1. The summed E-state index contributed by atoms with van der Waals surface area (Å²) in [5.74, 6) is 0.887. The fraction of sp³-hybridized carbons (Fsp3) is 0.440. The lowest BCUT2D eigenvalue weighted by Gasteiger charge is -2.31. The second kappa shape index (κ2) is 8.50. The van der Waals surface area contributed by atoms with E-state index in [1.54, 1.807) is 11.0 Å². The maximum atomic E-state index is 12.7. The van der Waals surface area contributed by atoms with E-state index in [1.165, 1.54) is 0 Å². The maximum Gasteiger partial charge on any atom is 0.265 e. The van der Waals surface area contributed by atoms with Crippen LogP contribution in [0.4, 0.5) is 5.69 Å². The molecule has 1 atom stereocenters. The Morgan fingerprint density at radius 3 is 2.53 bits per heavy atom. The number of hydrogen-bond acceptors (Lipinski definition) is 3. The van der Waals surface area contributed by atoms with E-state index in [1.807, 2.05) is 43.3 Å². The van der Waals surface area contributed by atoms with Gasteiger partial charge in [0.1, 0.15) is 5.75 Å². The van der Waals surface area contributed by atoms with Gasteiger partial charge in [-0.15, -0.1) is 0 Å². The SMILES string of the molecule is CC(C)C(C)NC(=O)c1cccc(CN2C(=O)COc3ccc(C(C)(C)C)cc32)c1. The van der Waals surface area contributed by atoms with Gasteiger partial charge in [-0.2, -0.15) is 0 Å². The topological polar surface area (TPSA) is 58.6 Å². The number of carbonyl (C=O) groups is 2. The number of nitrogens with one attached hydrogen (secondary N) is 1. The van der Waals surface area contributed by atoms with Crippen LogP contribution in [0, 0.1) is 5.92 Å². The number of anilines is 1. The molecule has 0 aromatic heterocycles. The molecule has 0 saturated heterocycles. The molecule has 1 aliphatic rings. The third kappa shape index (κ3) is 4.84. The molecule has 1 aliphatic heterocycles. The molecular weight excluding hydrogens is 376 g/mol. The van der Waals surface area contributed by atoms with Crippen molar-refractivity contribution >= 4 is 17.5 Å². The van der Waals surface area contributed by atoms with Crippen LogP contribution in [-0.4, -0.2) is 24.5 Å². The van der Waals surface area contributed by atoms with Crippen LogP contribution in [0.3, 0.4) is 0 Å². The van der Waals surface area contributed by atoms with Crippen LogP contribution in [0.2, 0.25) is 0 Å². The Morgan fingerprint density at radius 1 is 1.13 bits per heavy atom. The second-order valence-electron chi connectivity index (χ2n) is 9.41. The Hall–Kier alpha value is -2.82.